The highest BCUT2D eigenvalue weighted by atomic mass is 79.9. The lowest BCUT2D eigenvalue weighted by molar-refractivity contribution is 0.773. The third-order valence-electron chi connectivity index (χ3n) is 3.37. The summed E-state index contributed by atoms with van der Waals surface area (Å²) in [5, 5.41) is 8.51. The van der Waals surface area contributed by atoms with Gasteiger partial charge in [0.2, 0.25) is 0 Å². The summed E-state index contributed by atoms with van der Waals surface area (Å²) < 4.78 is 3.77. The van der Waals surface area contributed by atoms with Gasteiger partial charge in [-0.25, -0.2) is 9.36 Å². The Morgan fingerprint density at radius 2 is 1.79 bits per heavy atom. The molecule has 0 spiro atoms. The van der Waals surface area contributed by atoms with Gasteiger partial charge in [0.1, 0.15) is 10.3 Å². The van der Waals surface area contributed by atoms with Crippen molar-refractivity contribution in [2.45, 2.75) is 0 Å². The Kier molecular flexibility index (Phi) is 3.54. The van der Waals surface area contributed by atoms with Crippen molar-refractivity contribution in [3.05, 3.63) is 59.9 Å². The van der Waals surface area contributed by atoms with Crippen LogP contribution >= 0.6 is 15.9 Å². The number of anilines is 1. The van der Waals surface area contributed by atoms with Crippen molar-refractivity contribution < 1.29 is 0 Å². The van der Waals surface area contributed by atoms with E-state index in [1.54, 1.807) is 46.4 Å². The first kappa shape index (κ1) is 14.5. The summed E-state index contributed by atoms with van der Waals surface area (Å²) in [7, 11) is 0. The van der Waals surface area contributed by atoms with Crippen molar-refractivity contribution in [2.75, 3.05) is 5.73 Å². The van der Waals surface area contributed by atoms with Gasteiger partial charge in [-0.15, -0.1) is 0 Å². The molecule has 0 atom stereocenters. The van der Waals surface area contributed by atoms with Gasteiger partial charge in [-0.1, -0.05) is 0 Å². The lowest BCUT2D eigenvalue weighted by atomic mass is 10.1. The molecule has 118 valence electrons. The summed E-state index contributed by atoms with van der Waals surface area (Å²) in [6.45, 7) is 0. The first-order valence-electron chi connectivity index (χ1n) is 7.01. The predicted molar refractivity (Wildman–Crippen MR) is 91.6 cm³/mol. The van der Waals surface area contributed by atoms with Crippen LogP contribution in [0.1, 0.15) is 0 Å². The van der Waals surface area contributed by atoms with Gasteiger partial charge in [-0.2, -0.15) is 20.2 Å². The van der Waals surface area contributed by atoms with E-state index in [9.17, 15) is 0 Å². The molecule has 0 amide bonds. The van der Waals surface area contributed by atoms with Crippen LogP contribution in [0.2, 0.25) is 0 Å². The molecule has 4 aromatic rings. The van der Waals surface area contributed by atoms with Crippen LogP contribution < -0.4 is 5.73 Å². The first-order valence-corrected chi connectivity index (χ1v) is 7.80. The van der Waals surface area contributed by atoms with Crippen LogP contribution in [0, 0.1) is 0 Å². The highest BCUT2D eigenvalue weighted by molar-refractivity contribution is 9.10. The number of halogens is 1. The lowest BCUT2D eigenvalue weighted by Crippen LogP contribution is -2.10. The number of nitrogens with zero attached hydrogens (tertiary/aromatic N) is 7. The van der Waals surface area contributed by atoms with E-state index in [0.717, 1.165) is 11.1 Å². The van der Waals surface area contributed by atoms with E-state index in [4.69, 9.17) is 5.73 Å². The molecule has 0 aliphatic rings. The molecule has 4 aromatic heterocycles. The normalized spacial score (nSPS) is 10.9. The Morgan fingerprint density at radius 3 is 2.54 bits per heavy atom. The van der Waals surface area contributed by atoms with Crippen molar-refractivity contribution in [1.29, 1.82) is 0 Å². The van der Waals surface area contributed by atoms with Gasteiger partial charge in [0.15, 0.2) is 5.82 Å². The van der Waals surface area contributed by atoms with Crippen LogP contribution in [-0.2, 0) is 0 Å². The fourth-order valence-corrected chi connectivity index (χ4v) is 2.57. The summed E-state index contributed by atoms with van der Waals surface area (Å²) in [6, 6.07) is 5.63. The van der Waals surface area contributed by atoms with E-state index in [2.05, 4.69) is 41.1 Å². The largest absolute Gasteiger partial charge is 0.383 e. The molecule has 24 heavy (non-hydrogen) atoms. The van der Waals surface area contributed by atoms with Gasteiger partial charge in [-0.3, -0.25) is 4.98 Å². The second-order valence-electron chi connectivity index (χ2n) is 4.91. The van der Waals surface area contributed by atoms with Gasteiger partial charge in [0.25, 0.3) is 5.95 Å². The number of rotatable bonds is 3. The molecule has 0 aliphatic heterocycles. The molecule has 4 rings (SSSR count). The highest BCUT2D eigenvalue weighted by Crippen LogP contribution is 2.25. The summed E-state index contributed by atoms with van der Waals surface area (Å²) in [5.74, 6) is 1.22. The molecule has 0 bridgehead atoms. The van der Waals surface area contributed by atoms with E-state index in [0.29, 0.717) is 22.1 Å². The van der Waals surface area contributed by atoms with E-state index < -0.39 is 0 Å². The molecule has 0 saturated heterocycles. The Hall–Kier alpha value is -3.07. The molecule has 4 heterocycles. The second kappa shape index (κ2) is 5.85. The topological polar surface area (TPSA) is 100 Å². The van der Waals surface area contributed by atoms with Crippen LogP contribution in [0.4, 0.5) is 5.82 Å². The number of hydrogen-bond donors (Lipinski definition) is 1. The zero-order chi connectivity index (χ0) is 16.5. The Balaban J connectivity index is 1.79. The third-order valence-corrected chi connectivity index (χ3v) is 4.13. The maximum atomic E-state index is 5.99. The zero-order valence-electron chi connectivity index (χ0n) is 12.3. The lowest BCUT2D eigenvalue weighted by Gasteiger charge is -2.08. The van der Waals surface area contributed by atoms with E-state index in [1.165, 1.54) is 0 Å². The highest BCUT2D eigenvalue weighted by Gasteiger charge is 2.14. The third kappa shape index (κ3) is 2.54. The minimum absolute atomic E-state index is 0.312. The molecule has 8 nitrogen and oxygen atoms in total. The summed E-state index contributed by atoms with van der Waals surface area (Å²) in [6.07, 6.45) is 10.5. The van der Waals surface area contributed by atoms with Crippen LogP contribution in [0.3, 0.4) is 0 Å². The van der Waals surface area contributed by atoms with Gasteiger partial charge >= 0.3 is 0 Å². The average molecular weight is 383 g/mol. The number of pyridine rings is 1. The van der Waals surface area contributed by atoms with Gasteiger partial charge in [0, 0.05) is 36.5 Å². The summed E-state index contributed by atoms with van der Waals surface area (Å²) in [4.78, 5) is 12.8. The zero-order valence-corrected chi connectivity index (χ0v) is 13.9. The SMILES string of the molecule is Nc1nc(-n2cc(-c3ccncc3)cn2)nc(-n2cccn2)c1Br. The summed E-state index contributed by atoms with van der Waals surface area (Å²) in [5.41, 5.74) is 7.94. The number of hydrogen-bond acceptors (Lipinski definition) is 6. The molecule has 0 aromatic carbocycles. The molecular formula is C15H11BrN8. The van der Waals surface area contributed by atoms with Crippen molar-refractivity contribution in [1.82, 2.24) is 34.5 Å². The molecular weight excluding hydrogens is 372 g/mol. The molecule has 0 unspecified atom stereocenters. The van der Waals surface area contributed by atoms with Crippen molar-refractivity contribution in [3.63, 3.8) is 0 Å². The van der Waals surface area contributed by atoms with E-state index >= 15 is 0 Å². The minimum atomic E-state index is 0.312. The number of aromatic nitrogens is 7. The van der Waals surface area contributed by atoms with E-state index in [-0.39, 0.29) is 0 Å². The molecule has 0 fully saturated rings. The Bertz CT molecular complexity index is 978. The fourth-order valence-electron chi connectivity index (χ4n) is 2.21. The second-order valence-corrected chi connectivity index (χ2v) is 5.70. The minimum Gasteiger partial charge on any atom is -0.383 e. The molecule has 2 N–H and O–H groups in total. The van der Waals surface area contributed by atoms with Gasteiger partial charge in [0.05, 0.1) is 6.20 Å². The van der Waals surface area contributed by atoms with E-state index in [1.807, 2.05) is 18.3 Å². The van der Waals surface area contributed by atoms with Crippen LogP contribution in [0.25, 0.3) is 22.9 Å². The average Bonchev–Trinajstić information content (AvgIpc) is 3.29. The Labute approximate surface area is 145 Å². The van der Waals surface area contributed by atoms with Crippen molar-refractivity contribution in [2.24, 2.45) is 0 Å². The number of nitrogens with two attached hydrogens (primary N) is 1. The first-order chi connectivity index (χ1) is 11.7. The predicted octanol–water partition coefficient (Wildman–Crippen LogP) is 2.25. The van der Waals surface area contributed by atoms with Crippen LogP contribution in [-0.4, -0.2) is 34.5 Å². The monoisotopic (exact) mass is 382 g/mol. The van der Waals surface area contributed by atoms with Crippen molar-refractivity contribution >= 4 is 21.7 Å². The van der Waals surface area contributed by atoms with Crippen LogP contribution in [0.15, 0.2) is 59.9 Å². The fraction of sp³-hybridized carbons (Fsp3) is 0. The van der Waals surface area contributed by atoms with Gasteiger partial charge in [-0.05, 0) is 39.7 Å². The smallest absolute Gasteiger partial charge is 0.254 e. The maximum Gasteiger partial charge on any atom is 0.254 e. The summed E-state index contributed by atoms with van der Waals surface area (Å²) >= 11 is 3.40. The number of nitrogen functional groups attached to an aromatic ring is 1. The van der Waals surface area contributed by atoms with Crippen molar-refractivity contribution in [3.8, 4) is 22.9 Å². The van der Waals surface area contributed by atoms with Crippen LogP contribution in [0.5, 0.6) is 0 Å². The molecule has 9 heteroatoms. The molecule has 0 radical (unpaired) electrons. The maximum absolute atomic E-state index is 5.99. The molecule has 0 saturated carbocycles. The molecule has 0 aliphatic carbocycles. The Morgan fingerprint density at radius 1 is 0.958 bits per heavy atom. The van der Waals surface area contributed by atoms with Gasteiger partial charge < -0.3 is 5.73 Å². The quantitative estimate of drug-likeness (QED) is 0.583. The standard InChI is InChI=1S/C15H11BrN8/c16-12-13(17)21-15(22-14(12)23-7-1-4-19-23)24-9-11(8-20-24)10-2-5-18-6-3-10/h1-9H,(H2,17,21,22).